The Bertz CT molecular complexity index is 966. The van der Waals surface area contributed by atoms with Gasteiger partial charge in [0.05, 0.1) is 18.5 Å². The first-order chi connectivity index (χ1) is 14.8. The van der Waals surface area contributed by atoms with Crippen LogP contribution in [0, 0.1) is 0 Å². The lowest BCUT2D eigenvalue weighted by molar-refractivity contribution is -0.140. The maximum Gasteiger partial charge on any atom is 0.329 e. The molecule has 8 nitrogen and oxygen atoms in total. The molecule has 1 atom stereocenters. The van der Waals surface area contributed by atoms with Crippen molar-refractivity contribution in [2.75, 3.05) is 43.5 Å². The van der Waals surface area contributed by atoms with Crippen molar-refractivity contribution in [1.82, 2.24) is 10.2 Å². The lowest BCUT2D eigenvalue weighted by Crippen LogP contribution is -2.63. The third-order valence-electron chi connectivity index (χ3n) is 5.36. The smallest absolute Gasteiger partial charge is 0.329 e. The van der Waals surface area contributed by atoms with Crippen LogP contribution in [0.25, 0.3) is 0 Å². The van der Waals surface area contributed by atoms with E-state index in [1.807, 2.05) is 13.8 Å². The zero-order valence-corrected chi connectivity index (χ0v) is 19.4. The fraction of sp³-hybridized carbons (Fsp3) is 0.364. The number of halogens is 1. The van der Waals surface area contributed by atoms with Crippen LogP contribution < -0.4 is 20.3 Å². The second kappa shape index (κ2) is 9.67. The fourth-order valence-electron chi connectivity index (χ4n) is 3.62. The van der Waals surface area contributed by atoms with E-state index in [4.69, 9.17) is 4.74 Å². The second-order valence-corrected chi connectivity index (χ2v) is 8.03. The van der Waals surface area contributed by atoms with Crippen LogP contribution >= 0.6 is 15.9 Å². The van der Waals surface area contributed by atoms with Crippen LogP contribution in [0.3, 0.4) is 0 Å². The maximum atomic E-state index is 13.4. The number of fused-ring (bicyclic) bond motifs is 1. The summed E-state index contributed by atoms with van der Waals surface area (Å²) in [5.41, 5.74) is -1.29. The highest BCUT2D eigenvalue weighted by Crippen LogP contribution is 2.41. The summed E-state index contributed by atoms with van der Waals surface area (Å²) in [7, 11) is 1.51. The molecule has 1 aliphatic heterocycles. The van der Waals surface area contributed by atoms with Crippen LogP contribution in [0.2, 0.25) is 0 Å². The van der Waals surface area contributed by atoms with Crippen LogP contribution in [-0.2, 0) is 10.5 Å². The molecule has 1 aliphatic rings. The molecule has 0 bridgehead atoms. The van der Waals surface area contributed by atoms with E-state index >= 15 is 0 Å². The number of anilines is 2. The zero-order chi connectivity index (χ0) is 22.6. The van der Waals surface area contributed by atoms with E-state index in [0.29, 0.717) is 34.7 Å². The molecule has 0 spiro atoms. The highest BCUT2D eigenvalue weighted by molar-refractivity contribution is 9.10. The van der Waals surface area contributed by atoms with Crippen molar-refractivity contribution in [3.05, 3.63) is 52.5 Å². The highest BCUT2D eigenvalue weighted by Gasteiger charge is 2.52. The first-order valence-electron chi connectivity index (χ1n) is 10.1. The summed E-state index contributed by atoms with van der Waals surface area (Å²) in [6, 6.07) is 11.0. The largest absolute Gasteiger partial charge is 0.497 e. The predicted octanol–water partition coefficient (Wildman–Crippen LogP) is 3.11. The van der Waals surface area contributed by atoms with Crippen LogP contribution in [0.5, 0.6) is 5.75 Å². The number of aliphatic hydroxyl groups is 1. The van der Waals surface area contributed by atoms with Crippen molar-refractivity contribution >= 4 is 39.2 Å². The van der Waals surface area contributed by atoms with E-state index in [0.717, 1.165) is 18.0 Å². The summed E-state index contributed by atoms with van der Waals surface area (Å²) in [5.74, 6) is -0.189. The molecule has 2 aromatic rings. The van der Waals surface area contributed by atoms with Gasteiger partial charge in [0, 0.05) is 29.2 Å². The van der Waals surface area contributed by atoms with E-state index in [1.54, 1.807) is 42.5 Å². The van der Waals surface area contributed by atoms with Gasteiger partial charge in [0.2, 0.25) is 0 Å². The Morgan fingerprint density at radius 2 is 2.00 bits per heavy atom. The molecule has 0 saturated carbocycles. The predicted molar refractivity (Wildman–Crippen MR) is 123 cm³/mol. The lowest BCUT2D eigenvalue weighted by Gasteiger charge is -2.42. The van der Waals surface area contributed by atoms with Crippen molar-refractivity contribution < 1.29 is 19.4 Å². The number of methoxy groups -OCH3 is 1. The van der Waals surface area contributed by atoms with Gasteiger partial charge in [-0.05, 0) is 43.4 Å². The molecule has 1 heterocycles. The molecular weight excluding hydrogens is 464 g/mol. The molecule has 3 rings (SSSR count). The number of carbonyl (C=O) groups is 2. The number of hydrogen-bond acceptors (Lipinski definition) is 5. The average Bonchev–Trinajstić information content (AvgIpc) is 2.77. The third-order valence-corrected chi connectivity index (χ3v) is 5.85. The van der Waals surface area contributed by atoms with Gasteiger partial charge in [-0.25, -0.2) is 4.79 Å². The first-order valence-corrected chi connectivity index (χ1v) is 10.9. The molecule has 0 radical (unpaired) electrons. The monoisotopic (exact) mass is 490 g/mol. The number of urea groups is 1. The molecule has 9 heteroatoms. The summed E-state index contributed by atoms with van der Waals surface area (Å²) in [6.45, 7) is 6.76. The Labute approximate surface area is 190 Å². The Morgan fingerprint density at radius 1 is 1.26 bits per heavy atom. The minimum Gasteiger partial charge on any atom is -0.497 e. The van der Waals surface area contributed by atoms with E-state index in [9.17, 15) is 14.7 Å². The van der Waals surface area contributed by atoms with Gasteiger partial charge >= 0.3 is 6.03 Å². The maximum absolute atomic E-state index is 13.4. The quantitative estimate of drug-likeness (QED) is 0.528. The summed E-state index contributed by atoms with van der Waals surface area (Å²) in [6.07, 6.45) is 0. The normalized spacial score (nSPS) is 17.9. The molecule has 0 fully saturated rings. The number of likely N-dealkylation sites (N-methyl/N-ethyl adjacent to an activating group) is 1. The molecule has 166 valence electrons. The topological polar surface area (TPSA) is 94.1 Å². The van der Waals surface area contributed by atoms with E-state index < -0.39 is 17.7 Å². The number of carbonyl (C=O) groups excluding carboxylic acids is 2. The van der Waals surface area contributed by atoms with E-state index in [-0.39, 0.29) is 5.56 Å². The zero-order valence-electron chi connectivity index (χ0n) is 17.8. The number of hydrogen-bond donors (Lipinski definition) is 3. The van der Waals surface area contributed by atoms with Crippen LogP contribution in [0.1, 0.15) is 19.4 Å². The molecule has 3 amide bonds. The molecule has 0 unspecified atom stereocenters. The van der Waals surface area contributed by atoms with Gasteiger partial charge in [-0.3, -0.25) is 9.69 Å². The second-order valence-electron chi connectivity index (χ2n) is 7.11. The minimum absolute atomic E-state index is 0.268. The SMILES string of the molecule is CCN(CC)CCNC(=O)[C@]1(O)c2cc(Br)ccc2NC(=O)N1c1cccc(OC)c1. The average molecular weight is 491 g/mol. The summed E-state index contributed by atoms with van der Waals surface area (Å²) < 4.78 is 5.93. The van der Waals surface area contributed by atoms with Crippen LogP contribution in [0.4, 0.5) is 16.2 Å². The van der Waals surface area contributed by atoms with Gasteiger partial charge in [0.15, 0.2) is 0 Å². The van der Waals surface area contributed by atoms with Gasteiger partial charge in [0.1, 0.15) is 5.75 Å². The fourth-order valence-corrected chi connectivity index (χ4v) is 3.98. The van der Waals surface area contributed by atoms with Crippen molar-refractivity contribution in [2.24, 2.45) is 0 Å². The number of ether oxygens (including phenoxy) is 1. The number of rotatable bonds is 8. The van der Waals surface area contributed by atoms with Crippen molar-refractivity contribution in [3.8, 4) is 5.75 Å². The third kappa shape index (κ3) is 4.53. The Kier molecular flexibility index (Phi) is 7.19. The van der Waals surface area contributed by atoms with E-state index in [1.165, 1.54) is 7.11 Å². The van der Waals surface area contributed by atoms with Crippen LogP contribution in [0.15, 0.2) is 46.9 Å². The minimum atomic E-state index is -2.25. The van der Waals surface area contributed by atoms with Crippen LogP contribution in [-0.4, -0.2) is 55.2 Å². The molecule has 3 N–H and O–H groups in total. The standard InChI is InChI=1S/C22H27BrN4O4/c1-4-26(5-2)12-11-24-20(28)22(30)18-13-15(23)9-10-19(18)25-21(29)27(22)16-7-6-8-17(14-16)31-3/h6-10,13-14,30H,4-5,11-12H2,1-3H3,(H,24,28)(H,25,29)/t22-/m1/s1. The van der Waals surface area contributed by atoms with Crippen molar-refractivity contribution in [2.45, 2.75) is 19.6 Å². The Balaban J connectivity index is 2.04. The number of benzene rings is 2. The molecule has 2 aromatic carbocycles. The molecule has 0 saturated heterocycles. The van der Waals surface area contributed by atoms with E-state index in [2.05, 4.69) is 31.5 Å². The molecule has 31 heavy (non-hydrogen) atoms. The lowest BCUT2D eigenvalue weighted by atomic mass is 9.94. The van der Waals surface area contributed by atoms with Gasteiger partial charge in [-0.2, -0.15) is 0 Å². The van der Waals surface area contributed by atoms with Gasteiger partial charge in [0.25, 0.3) is 11.6 Å². The molecule has 0 aromatic heterocycles. The number of nitrogens with zero attached hydrogens (tertiary/aromatic N) is 2. The summed E-state index contributed by atoms with van der Waals surface area (Å²) in [4.78, 5) is 29.6. The first kappa shape index (κ1) is 23.1. The van der Waals surface area contributed by atoms with Crippen molar-refractivity contribution in [3.63, 3.8) is 0 Å². The number of amides is 3. The number of nitrogens with one attached hydrogen (secondary N) is 2. The Hall–Kier alpha value is -2.62. The Morgan fingerprint density at radius 3 is 2.68 bits per heavy atom. The van der Waals surface area contributed by atoms with Gasteiger partial charge in [-0.15, -0.1) is 0 Å². The summed E-state index contributed by atoms with van der Waals surface area (Å²) in [5, 5.41) is 17.4. The van der Waals surface area contributed by atoms with Gasteiger partial charge < -0.3 is 25.4 Å². The highest BCUT2D eigenvalue weighted by atomic mass is 79.9. The molecule has 0 aliphatic carbocycles. The van der Waals surface area contributed by atoms with Crippen molar-refractivity contribution in [1.29, 1.82) is 0 Å². The van der Waals surface area contributed by atoms with Gasteiger partial charge in [-0.1, -0.05) is 35.8 Å². The molecular formula is C22H27BrN4O4. The summed E-state index contributed by atoms with van der Waals surface area (Å²) >= 11 is 3.39.